The van der Waals surface area contributed by atoms with Crippen LogP contribution in [0.15, 0.2) is 24.4 Å². The van der Waals surface area contributed by atoms with Gasteiger partial charge < -0.3 is 21.1 Å². The summed E-state index contributed by atoms with van der Waals surface area (Å²) in [6, 6.07) is 5.63. The number of nitrogens with one attached hydrogen (secondary N) is 1. The fraction of sp³-hybridized carbons (Fsp3) is 0.417. The number of carbonyl (C=O) groups excluding carboxylic acids is 2. The number of nitrogen functional groups attached to an aromatic ring is 1. The fourth-order valence-electron chi connectivity index (χ4n) is 4.67. The van der Waals surface area contributed by atoms with Crippen molar-refractivity contribution < 1.29 is 14.7 Å². The minimum atomic E-state index is -0.436. The van der Waals surface area contributed by atoms with E-state index in [1.807, 2.05) is 30.0 Å². The van der Waals surface area contributed by atoms with Crippen molar-refractivity contribution in [3.05, 3.63) is 46.6 Å². The van der Waals surface area contributed by atoms with Crippen LogP contribution >= 0.6 is 0 Å². The molecule has 1 aliphatic heterocycles. The molecule has 1 aliphatic carbocycles. The maximum Gasteiger partial charge on any atom is 0.259 e. The first-order valence-corrected chi connectivity index (χ1v) is 11.3. The lowest BCUT2D eigenvalue weighted by molar-refractivity contribution is 0.0696. The number of nitrogens with zero attached hydrogens (tertiary/aromatic N) is 4. The molecule has 1 saturated carbocycles. The number of hydrogen-bond donors (Lipinski definition) is 3. The lowest BCUT2D eigenvalue weighted by atomic mass is 9.98. The largest absolute Gasteiger partial charge is 0.394 e. The average Bonchev–Trinajstić information content (AvgIpc) is 3.50. The molecule has 9 heteroatoms. The quantitative estimate of drug-likeness (QED) is 0.531. The van der Waals surface area contributed by atoms with Gasteiger partial charge in [0.05, 0.1) is 12.3 Å². The van der Waals surface area contributed by atoms with Gasteiger partial charge in [-0.15, -0.1) is 5.10 Å². The van der Waals surface area contributed by atoms with Crippen LogP contribution in [0.5, 0.6) is 0 Å². The summed E-state index contributed by atoms with van der Waals surface area (Å²) in [5, 5.41) is 16.1. The van der Waals surface area contributed by atoms with Crippen LogP contribution in [0.2, 0.25) is 0 Å². The molecule has 0 spiro atoms. The summed E-state index contributed by atoms with van der Waals surface area (Å²) >= 11 is 0. The van der Waals surface area contributed by atoms with Crippen molar-refractivity contribution >= 4 is 23.3 Å². The van der Waals surface area contributed by atoms with E-state index in [-0.39, 0.29) is 29.9 Å². The molecule has 2 aliphatic rings. The van der Waals surface area contributed by atoms with E-state index in [4.69, 9.17) is 10.7 Å². The Hall–Kier alpha value is -3.46. The Morgan fingerprint density at radius 2 is 2.09 bits per heavy atom. The van der Waals surface area contributed by atoms with Gasteiger partial charge in [-0.3, -0.25) is 9.59 Å². The Morgan fingerprint density at radius 1 is 1.33 bits per heavy atom. The highest BCUT2D eigenvalue weighted by Crippen LogP contribution is 2.39. The highest BCUT2D eigenvalue weighted by Gasteiger charge is 2.39. The van der Waals surface area contributed by atoms with Gasteiger partial charge in [0.15, 0.2) is 11.5 Å². The van der Waals surface area contributed by atoms with Gasteiger partial charge in [-0.1, -0.05) is 0 Å². The van der Waals surface area contributed by atoms with Crippen LogP contribution in [0.1, 0.15) is 58.5 Å². The van der Waals surface area contributed by atoms with Crippen molar-refractivity contribution in [2.75, 3.05) is 12.3 Å². The summed E-state index contributed by atoms with van der Waals surface area (Å²) in [6.45, 7) is 6.21. The Kier molecular flexibility index (Phi) is 5.08. The van der Waals surface area contributed by atoms with Crippen molar-refractivity contribution in [3.8, 4) is 11.3 Å². The Bertz CT molecular complexity index is 1280. The van der Waals surface area contributed by atoms with Gasteiger partial charge in [0.25, 0.3) is 11.8 Å². The second kappa shape index (κ2) is 7.84. The zero-order chi connectivity index (χ0) is 23.4. The number of hydrogen-bond acceptors (Lipinski definition) is 6. The van der Waals surface area contributed by atoms with E-state index in [1.54, 1.807) is 13.1 Å². The minimum Gasteiger partial charge on any atom is -0.394 e. The standard InChI is InChI=1S/C24H28N6O3/c1-12-8-16(9-17-10-29(24(33)19(12)17)14(3)15-4-5-15)18-6-7-30-22(27-18)20(21(25)28-30)23(32)26-13(2)11-31/h6-9,13-15,31H,4-5,10-11H2,1-3H3,(H2,25,28)(H,26,32)/t13-,14+/m1/s1. The van der Waals surface area contributed by atoms with Gasteiger partial charge >= 0.3 is 0 Å². The van der Waals surface area contributed by atoms with Crippen LogP contribution in [0.4, 0.5) is 5.82 Å². The van der Waals surface area contributed by atoms with Crippen molar-refractivity contribution in [3.63, 3.8) is 0 Å². The Balaban J connectivity index is 1.52. The first-order valence-electron chi connectivity index (χ1n) is 11.3. The number of aliphatic hydroxyl groups excluding tert-OH is 1. The molecule has 3 heterocycles. The number of aromatic nitrogens is 3. The van der Waals surface area contributed by atoms with Crippen molar-refractivity contribution in [1.82, 2.24) is 24.8 Å². The minimum absolute atomic E-state index is 0.0720. The summed E-state index contributed by atoms with van der Waals surface area (Å²) in [5.41, 5.74) is 10.8. The lowest BCUT2D eigenvalue weighted by Gasteiger charge is -2.24. The van der Waals surface area contributed by atoms with Crippen molar-refractivity contribution in [2.24, 2.45) is 5.92 Å². The molecule has 1 aromatic carbocycles. The molecule has 2 aromatic heterocycles. The van der Waals surface area contributed by atoms with E-state index in [0.29, 0.717) is 23.8 Å². The van der Waals surface area contributed by atoms with Crippen molar-refractivity contribution in [1.29, 1.82) is 0 Å². The van der Waals surface area contributed by atoms with Gasteiger partial charge in [-0.05, 0) is 68.9 Å². The summed E-state index contributed by atoms with van der Waals surface area (Å²) in [6.07, 6.45) is 4.10. The Morgan fingerprint density at radius 3 is 2.79 bits per heavy atom. The predicted molar refractivity (Wildman–Crippen MR) is 124 cm³/mol. The zero-order valence-corrected chi connectivity index (χ0v) is 19.0. The van der Waals surface area contributed by atoms with Crippen LogP contribution in [0.25, 0.3) is 16.9 Å². The maximum atomic E-state index is 13.1. The average molecular weight is 449 g/mol. The highest BCUT2D eigenvalue weighted by atomic mass is 16.3. The SMILES string of the molecule is Cc1cc(-c2ccn3nc(N)c(C(=O)N[C@H](C)CO)c3n2)cc2c1C(=O)N([C@@H](C)C1CC1)C2. The molecular weight excluding hydrogens is 420 g/mol. The number of anilines is 1. The topological polar surface area (TPSA) is 126 Å². The van der Waals surface area contributed by atoms with E-state index in [1.165, 1.54) is 17.4 Å². The molecular formula is C24H28N6O3. The van der Waals surface area contributed by atoms with Gasteiger partial charge in [0, 0.05) is 36.0 Å². The first-order chi connectivity index (χ1) is 15.8. The van der Waals surface area contributed by atoms with Crippen LogP contribution in [0.3, 0.4) is 0 Å². The summed E-state index contributed by atoms with van der Waals surface area (Å²) in [4.78, 5) is 32.5. The lowest BCUT2D eigenvalue weighted by Crippen LogP contribution is -2.35. The van der Waals surface area contributed by atoms with E-state index in [0.717, 1.165) is 22.3 Å². The van der Waals surface area contributed by atoms with E-state index >= 15 is 0 Å². The number of aryl methyl sites for hydroxylation is 1. The molecule has 2 atom stereocenters. The molecule has 0 radical (unpaired) electrons. The molecule has 0 bridgehead atoms. The monoisotopic (exact) mass is 448 g/mol. The third-order valence-corrected chi connectivity index (χ3v) is 6.71. The molecule has 172 valence electrons. The van der Waals surface area contributed by atoms with E-state index < -0.39 is 11.9 Å². The molecule has 3 aromatic rings. The number of nitrogens with two attached hydrogens (primary N) is 1. The van der Waals surface area contributed by atoms with Gasteiger partial charge in [-0.2, -0.15) is 0 Å². The number of aliphatic hydroxyl groups is 1. The van der Waals surface area contributed by atoms with Crippen molar-refractivity contribution in [2.45, 2.75) is 52.2 Å². The number of benzene rings is 1. The second-order valence-electron chi connectivity index (χ2n) is 9.24. The molecule has 1 fully saturated rings. The van der Waals surface area contributed by atoms with Crippen LogP contribution in [0, 0.1) is 12.8 Å². The normalized spacial score (nSPS) is 17.3. The maximum absolute atomic E-state index is 13.1. The smallest absolute Gasteiger partial charge is 0.259 e. The van der Waals surface area contributed by atoms with E-state index in [2.05, 4.69) is 17.3 Å². The number of rotatable bonds is 6. The summed E-state index contributed by atoms with van der Waals surface area (Å²) in [7, 11) is 0. The fourth-order valence-corrected chi connectivity index (χ4v) is 4.67. The van der Waals surface area contributed by atoms with Gasteiger partial charge in [0.1, 0.15) is 5.56 Å². The summed E-state index contributed by atoms with van der Waals surface area (Å²) < 4.78 is 1.47. The second-order valence-corrected chi connectivity index (χ2v) is 9.24. The molecule has 33 heavy (non-hydrogen) atoms. The third kappa shape index (κ3) is 3.62. The molecule has 2 amide bonds. The first kappa shape index (κ1) is 21.4. The molecule has 0 saturated heterocycles. The Labute approximate surface area is 191 Å². The van der Waals surface area contributed by atoms with Crippen LogP contribution in [-0.2, 0) is 6.54 Å². The molecule has 0 unspecified atom stereocenters. The third-order valence-electron chi connectivity index (χ3n) is 6.71. The zero-order valence-electron chi connectivity index (χ0n) is 19.0. The van der Waals surface area contributed by atoms with Crippen LogP contribution in [-0.4, -0.2) is 55.1 Å². The molecule has 5 rings (SSSR count). The number of amides is 2. The highest BCUT2D eigenvalue weighted by molar-refractivity contribution is 6.04. The van der Waals surface area contributed by atoms with Gasteiger partial charge in [-0.25, -0.2) is 9.50 Å². The summed E-state index contributed by atoms with van der Waals surface area (Å²) in [5.74, 6) is 0.354. The molecule has 9 nitrogen and oxygen atoms in total. The molecule has 4 N–H and O–H groups in total. The number of carbonyl (C=O) groups is 2. The van der Waals surface area contributed by atoms with Crippen LogP contribution < -0.4 is 11.1 Å². The predicted octanol–water partition coefficient (Wildman–Crippen LogP) is 2.15. The number of fused-ring (bicyclic) bond motifs is 2. The van der Waals surface area contributed by atoms with Gasteiger partial charge in [0.2, 0.25) is 0 Å². The van der Waals surface area contributed by atoms with E-state index in [9.17, 15) is 14.7 Å².